The van der Waals surface area contributed by atoms with Crippen LogP contribution in [-0.4, -0.2) is 32.3 Å². The topological polar surface area (TPSA) is 36.4 Å². The summed E-state index contributed by atoms with van der Waals surface area (Å²) in [6.45, 7) is 1.12. The van der Waals surface area contributed by atoms with Crippen molar-refractivity contribution in [3.8, 4) is 12.3 Å². The number of nitrogens with one attached hydrogen (secondary N) is 2. The maximum absolute atomic E-state index is 12.7. The minimum Gasteiger partial charge on any atom is -0.356 e. The second-order valence-corrected chi connectivity index (χ2v) is 5.11. The summed E-state index contributed by atoms with van der Waals surface area (Å²) in [7, 11) is 1.63. The number of hydrogen-bond donors (Lipinski definition) is 2. The Bertz CT molecular complexity index is 363. The molecule has 0 saturated heterocycles. The first kappa shape index (κ1) is 20.3. The minimum absolute atomic E-state index is 0. The molecular weight excluding hydrogens is 394 g/mol. The molecule has 0 aromatic heterocycles. The summed E-state index contributed by atoms with van der Waals surface area (Å²) in [5.74, 6) is 1.99. The van der Waals surface area contributed by atoms with E-state index in [0.717, 1.165) is 6.42 Å². The van der Waals surface area contributed by atoms with Crippen LogP contribution in [-0.2, 0) is 0 Å². The van der Waals surface area contributed by atoms with Crippen LogP contribution >= 0.6 is 24.0 Å². The zero-order chi connectivity index (χ0) is 15.0. The number of halogens is 4. The summed E-state index contributed by atoms with van der Waals surface area (Å²) < 4.78 is 38.1. The van der Waals surface area contributed by atoms with Gasteiger partial charge in [-0.25, -0.2) is 0 Å². The second-order valence-electron chi connectivity index (χ2n) is 5.11. The summed E-state index contributed by atoms with van der Waals surface area (Å²) in [6, 6.07) is 0. The molecular formula is C14H23F3IN3. The smallest absolute Gasteiger partial charge is 0.356 e. The molecule has 1 rings (SSSR count). The zero-order valence-corrected chi connectivity index (χ0v) is 14.5. The summed E-state index contributed by atoms with van der Waals surface area (Å²) in [5.41, 5.74) is 0. The number of nitrogens with zero attached hydrogens (tertiary/aromatic N) is 1. The second kappa shape index (κ2) is 10.1. The Morgan fingerprint density at radius 3 is 2.62 bits per heavy atom. The van der Waals surface area contributed by atoms with E-state index in [1.54, 1.807) is 7.05 Å². The van der Waals surface area contributed by atoms with Crippen LogP contribution in [0.3, 0.4) is 0 Å². The molecule has 0 aromatic rings. The van der Waals surface area contributed by atoms with E-state index in [0.29, 0.717) is 31.9 Å². The van der Waals surface area contributed by atoms with Crippen LogP contribution in [0.5, 0.6) is 0 Å². The van der Waals surface area contributed by atoms with Crippen molar-refractivity contribution < 1.29 is 13.2 Å². The van der Waals surface area contributed by atoms with Crippen LogP contribution in [0.15, 0.2) is 4.99 Å². The molecule has 0 amide bonds. The molecule has 21 heavy (non-hydrogen) atoms. The van der Waals surface area contributed by atoms with Crippen LogP contribution in [0.4, 0.5) is 13.2 Å². The van der Waals surface area contributed by atoms with Gasteiger partial charge < -0.3 is 10.6 Å². The van der Waals surface area contributed by atoms with E-state index < -0.39 is 12.1 Å². The van der Waals surface area contributed by atoms with Crippen molar-refractivity contribution in [2.24, 2.45) is 16.8 Å². The van der Waals surface area contributed by atoms with E-state index in [9.17, 15) is 13.2 Å². The normalized spacial score (nSPS) is 22.9. The maximum atomic E-state index is 12.7. The van der Waals surface area contributed by atoms with E-state index in [1.807, 2.05) is 0 Å². The van der Waals surface area contributed by atoms with Crippen LogP contribution in [0.1, 0.15) is 32.1 Å². The van der Waals surface area contributed by atoms with Crippen molar-refractivity contribution in [1.29, 1.82) is 0 Å². The molecule has 0 spiro atoms. The standard InChI is InChI=1S/C14H22F3N3.HI/c1-3-4-8-19-13(18-2)20-10-11-6-5-7-12(9-11)14(15,16)17;/h1,11-12H,4-10H2,2H3,(H2,18,19,20);1H. The van der Waals surface area contributed by atoms with Crippen LogP contribution in [0.25, 0.3) is 0 Å². The van der Waals surface area contributed by atoms with Gasteiger partial charge in [0.2, 0.25) is 0 Å². The monoisotopic (exact) mass is 417 g/mol. The molecule has 2 unspecified atom stereocenters. The summed E-state index contributed by atoms with van der Waals surface area (Å²) in [6.07, 6.45) is 3.60. The fraction of sp³-hybridized carbons (Fsp3) is 0.786. The van der Waals surface area contributed by atoms with E-state index in [4.69, 9.17) is 6.42 Å². The average molecular weight is 417 g/mol. The molecule has 3 nitrogen and oxygen atoms in total. The highest BCUT2D eigenvalue weighted by Gasteiger charge is 2.41. The van der Waals surface area contributed by atoms with Crippen LogP contribution in [0, 0.1) is 24.2 Å². The maximum Gasteiger partial charge on any atom is 0.391 e. The average Bonchev–Trinajstić information content (AvgIpc) is 2.42. The van der Waals surface area contributed by atoms with Crippen molar-refractivity contribution in [3.05, 3.63) is 0 Å². The van der Waals surface area contributed by atoms with Gasteiger partial charge in [0.1, 0.15) is 0 Å². The molecule has 1 saturated carbocycles. The Morgan fingerprint density at radius 2 is 2.05 bits per heavy atom. The van der Waals surface area contributed by atoms with Crippen molar-refractivity contribution >= 4 is 29.9 Å². The lowest BCUT2D eigenvalue weighted by Crippen LogP contribution is -2.41. The number of terminal acetylenes is 1. The predicted molar refractivity (Wildman–Crippen MR) is 89.7 cm³/mol. The molecule has 122 valence electrons. The molecule has 0 aliphatic heterocycles. The molecule has 0 aromatic carbocycles. The Labute approximate surface area is 141 Å². The van der Waals surface area contributed by atoms with Gasteiger partial charge in [0.15, 0.2) is 5.96 Å². The molecule has 0 radical (unpaired) electrons. The molecule has 2 atom stereocenters. The molecule has 2 N–H and O–H groups in total. The van der Waals surface area contributed by atoms with Crippen molar-refractivity contribution in [2.45, 2.75) is 38.3 Å². The highest BCUT2D eigenvalue weighted by atomic mass is 127. The number of guanidine groups is 1. The van der Waals surface area contributed by atoms with E-state index >= 15 is 0 Å². The predicted octanol–water partition coefficient (Wildman–Crippen LogP) is 3.16. The van der Waals surface area contributed by atoms with E-state index in [1.165, 1.54) is 0 Å². The Kier molecular flexibility index (Phi) is 9.83. The van der Waals surface area contributed by atoms with Crippen molar-refractivity contribution in [2.75, 3.05) is 20.1 Å². The van der Waals surface area contributed by atoms with Crippen LogP contribution in [0.2, 0.25) is 0 Å². The lowest BCUT2D eigenvalue weighted by molar-refractivity contribution is -0.185. The molecule has 7 heteroatoms. The third kappa shape index (κ3) is 7.79. The first-order valence-electron chi connectivity index (χ1n) is 6.92. The van der Waals surface area contributed by atoms with Gasteiger partial charge in [-0.2, -0.15) is 13.2 Å². The first-order chi connectivity index (χ1) is 9.47. The molecule has 0 heterocycles. The van der Waals surface area contributed by atoms with Crippen molar-refractivity contribution in [1.82, 2.24) is 10.6 Å². The van der Waals surface area contributed by atoms with Gasteiger partial charge in [-0.05, 0) is 25.2 Å². The lowest BCUT2D eigenvalue weighted by Gasteiger charge is -2.30. The number of aliphatic imine (C=N–C) groups is 1. The summed E-state index contributed by atoms with van der Waals surface area (Å²) in [5, 5.41) is 6.10. The van der Waals surface area contributed by atoms with Gasteiger partial charge in [-0.3, -0.25) is 4.99 Å². The Hall–Kier alpha value is -0.650. The SMILES string of the molecule is C#CCCNC(=NC)NCC1CCCC(C(F)(F)F)C1.I. The van der Waals surface area contributed by atoms with Gasteiger partial charge in [0, 0.05) is 26.6 Å². The van der Waals surface area contributed by atoms with Gasteiger partial charge in [-0.1, -0.05) is 6.42 Å². The van der Waals surface area contributed by atoms with E-state index in [-0.39, 0.29) is 42.7 Å². The largest absolute Gasteiger partial charge is 0.391 e. The first-order valence-corrected chi connectivity index (χ1v) is 6.92. The van der Waals surface area contributed by atoms with Gasteiger partial charge in [0.25, 0.3) is 0 Å². The Morgan fingerprint density at radius 1 is 1.33 bits per heavy atom. The van der Waals surface area contributed by atoms with E-state index in [2.05, 4.69) is 21.5 Å². The lowest BCUT2D eigenvalue weighted by atomic mass is 9.81. The molecule has 1 fully saturated rings. The van der Waals surface area contributed by atoms with Gasteiger partial charge >= 0.3 is 6.18 Å². The Balaban J connectivity index is 0.00000400. The number of alkyl halides is 3. The molecule has 1 aliphatic carbocycles. The quantitative estimate of drug-likeness (QED) is 0.243. The summed E-state index contributed by atoms with van der Waals surface area (Å²) >= 11 is 0. The fourth-order valence-electron chi connectivity index (χ4n) is 2.49. The third-order valence-corrected chi connectivity index (χ3v) is 3.59. The highest BCUT2D eigenvalue weighted by molar-refractivity contribution is 14.0. The number of hydrogen-bond acceptors (Lipinski definition) is 1. The zero-order valence-electron chi connectivity index (χ0n) is 12.2. The fourth-order valence-corrected chi connectivity index (χ4v) is 2.49. The van der Waals surface area contributed by atoms with Gasteiger partial charge in [0.05, 0.1) is 5.92 Å². The minimum atomic E-state index is -4.06. The highest BCUT2D eigenvalue weighted by Crippen LogP contribution is 2.39. The molecule has 1 aliphatic rings. The number of rotatable bonds is 4. The van der Waals surface area contributed by atoms with Gasteiger partial charge in [-0.15, -0.1) is 36.3 Å². The van der Waals surface area contributed by atoms with Crippen molar-refractivity contribution in [3.63, 3.8) is 0 Å². The van der Waals surface area contributed by atoms with Crippen LogP contribution < -0.4 is 10.6 Å². The summed E-state index contributed by atoms with van der Waals surface area (Å²) in [4.78, 5) is 4.02. The third-order valence-electron chi connectivity index (χ3n) is 3.59. The molecule has 0 bridgehead atoms.